The van der Waals surface area contributed by atoms with E-state index < -0.39 is 35.0 Å². The van der Waals surface area contributed by atoms with Crippen molar-refractivity contribution in [3.63, 3.8) is 0 Å². The zero-order chi connectivity index (χ0) is 11.6. The zero-order valence-electron chi connectivity index (χ0n) is 7.18. The predicted octanol–water partition coefficient (Wildman–Crippen LogP) is 0.912. The fourth-order valence-electron chi connectivity index (χ4n) is 0.880. The first kappa shape index (κ1) is 11.0. The number of rotatable bonds is 1. The van der Waals surface area contributed by atoms with Gasteiger partial charge >= 0.3 is 6.03 Å². The summed E-state index contributed by atoms with van der Waals surface area (Å²) in [5.41, 5.74) is 3.79. The van der Waals surface area contributed by atoms with Crippen molar-refractivity contribution in [1.29, 1.82) is 0 Å². The first-order chi connectivity index (χ1) is 6.93. The van der Waals surface area contributed by atoms with Crippen LogP contribution in [0.15, 0.2) is 12.1 Å². The lowest BCUT2D eigenvalue weighted by Gasteiger charge is -2.03. The van der Waals surface area contributed by atoms with E-state index in [1.807, 2.05) is 0 Å². The largest absolute Gasteiger partial charge is 0.351 e. The van der Waals surface area contributed by atoms with E-state index in [-0.39, 0.29) is 0 Å². The molecule has 0 aromatic heterocycles. The van der Waals surface area contributed by atoms with Crippen molar-refractivity contribution in [2.45, 2.75) is 0 Å². The molecule has 1 rings (SSSR count). The highest BCUT2D eigenvalue weighted by molar-refractivity contribution is 6.03. The monoisotopic (exact) mass is 218 g/mol. The average Bonchev–Trinajstić information content (AvgIpc) is 2.13. The summed E-state index contributed by atoms with van der Waals surface area (Å²) in [6, 6.07) is 0.0458. The topological polar surface area (TPSA) is 72.2 Å². The Kier molecular flexibility index (Phi) is 2.93. The molecular weight excluding hydrogens is 213 g/mol. The minimum Gasteiger partial charge on any atom is -0.351 e. The Hall–Kier alpha value is -2.05. The van der Waals surface area contributed by atoms with Gasteiger partial charge in [0.2, 0.25) is 0 Å². The highest BCUT2D eigenvalue weighted by atomic mass is 19.2. The number of halogens is 3. The molecule has 0 atom stereocenters. The van der Waals surface area contributed by atoms with E-state index in [2.05, 4.69) is 5.73 Å². The third-order valence-electron chi connectivity index (χ3n) is 1.52. The second kappa shape index (κ2) is 3.99. The highest BCUT2D eigenvalue weighted by Gasteiger charge is 2.19. The Bertz CT molecular complexity index is 434. The molecule has 0 aliphatic carbocycles. The lowest BCUT2D eigenvalue weighted by Crippen LogP contribution is -2.35. The molecule has 1 aromatic rings. The first-order valence-corrected chi connectivity index (χ1v) is 3.67. The maximum atomic E-state index is 12.9. The summed E-state index contributed by atoms with van der Waals surface area (Å²) in [5, 5.41) is 1.52. The summed E-state index contributed by atoms with van der Waals surface area (Å²) >= 11 is 0. The van der Waals surface area contributed by atoms with Crippen LogP contribution in [-0.4, -0.2) is 11.9 Å². The number of carbonyl (C=O) groups excluding carboxylic acids is 2. The van der Waals surface area contributed by atoms with Crippen molar-refractivity contribution in [3.05, 3.63) is 35.1 Å². The van der Waals surface area contributed by atoms with E-state index >= 15 is 0 Å². The van der Waals surface area contributed by atoms with Crippen molar-refractivity contribution in [3.8, 4) is 0 Å². The number of amides is 3. The van der Waals surface area contributed by atoms with Gasteiger partial charge in [-0.25, -0.2) is 18.0 Å². The summed E-state index contributed by atoms with van der Waals surface area (Å²) in [4.78, 5) is 21.2. The Morgan fingerprint density at radius 1 is 1.13 bits per heavy atom. The zero-order valence-corrected chi connectivity index (χ0v) is 7.18. The molecule has 1 aromatic carbocycles. The van der Waals surface area contributed by atoms with Gasteiger partial charge in [-0.15, -0.1) is 0 Å². The summed E-state index contributed by atoms with van der Waals surface area (Å²) < 4.78 is 38.0. The molecule has 0 spiro atoms. The van der Waals surface area contributed by atoms with Gasteiger partial charge in [-0.3, -0.25) is 10.1 Å². The number of hydrogen-bond acceptors (Lipinski definition) is 2. The van der Waals surface area contributed by atoms with E-state index in [0.717, 1.165) is 0 Å². The Labute approximate surface area is 81.9 Å². The molecule has 0 unspecified atom stereocenters. The van der Waals surface area contributed by atoms with Gasteiger partial charge in [0.25, 0.3) is 5.91 Å². The molecule has 4 nitrogen and oxygen atoms in total. The second-order valence-corrected chi connectivity index (χ2v) is 2.54. The van der Waals surface area contributed by atoms with E-state index in [9.17, 15) is 22.8 Å². The van der Waals surface area contributed by atoms with Crippen molar-refractivity contribution in [1.82, 2.24) is 5.32 Å². The molecule has 3 N–H and O–H groups in total. The first-order valence-electron chi connectivity index (χ1n) is 3.67. The number of imide groups is 1. The van der Waals surface area contributed by atoms with Gasteiger partial charge in [0, 0.05) is 0 Å². The van der Waals surface area contributed by atoms with Crippen molar-refractivity contribution >= 4 is 11.9 Å². The highest BCUT2D eigenvalue weighted by Crippen LogP contribution is 2.14. The smallest absolute Gasteiger partial charge is 0.319 e. The van der Waals surface area contributed by atoms with E-state index in [1.54, 1.807) is 0 Å². The minimum absolute atomic E-state index is 0.564. The fraction of sp³-hybridized carbons (Fsp3) is 0. The number of carbonyl (C=O) groups is 2. The summed E-state index contributed by atoms with van der Waals surface area (Å²) in [6.07, 6.45) is 0. The number of benzene rings is 1. The SMILES string of the molecule is NC(=O)NC(=O)c1ccc(F)c(F)c1F. The van der Waals surface area contributed by atoms with Gasteiger partial charge in [0.1, 0.15) is 0 Å². The molecule has 3 amide bonds. The van der Waals surface area contributed by atoms with Crippen LogP contribution in [0.1, 0.15) is 10.4 Å². The molecule has 0 fully saturated rings. The molecular formula is C8H5F3N2O2. The molecule has 0 saturated carbocycles. The number of hydrogen-bond donors (Lipinski definition) is 2. The van der Waals surface area contributed by atoms with Crippen LogP contribution in [0.4, 0.5) is 18.0 Å². The average molecular weight is 218 g/mol. The van der Waals surface area contributed by atoms with Gasteiger partial charge in [-0.2, -0.15) is 0 Å². The van der Waals surface area contributed by atoms with Gasteiger partial charge in [-0.1, -0.05) is 0 Å². The van der Waals surface area contributed by atoms with Crippen LogP contribution < -0.4 is 11.1 Å². The number of urea groups is 1. The molecule has 0 aliphatic heterocycles. The summed E-state index contributed by atoms with van der Waals surface area (Å²) in [7, 11) is 0. The van der Waals surface area contributed by atoms with E-state index in [1.165, 1.54) is 5.32 Å². The Morgan fingerprint density at radius 2 is 1.73 bits per heavy atom. The molecule has 0 bridgehead atoms. The van der Waals surface area contributed by atoms with E-state index in [0.29, 0.717) is 12.1 Å². The fourth-order valence-corrected chi connectivity index (χ4v) is 0.880. The van der Waals surface area contributed by atoms with Crippen LogP contribution in [0, 0.1) is 17.5 Å². The lowest BCUT2D eigenvalue weighted by atomic mass is 10.2. The third-order valence-corrected chi connectivity index (χ3v) is 1.52. The third kappa shape index (κ3) is 2.25. The molecule has 0 aliphatic rings. The van der Waals surface area contributed by atoms with Crippen LogP contribution in [0.25, 0.3) is 0 Å². The normalized spacial score (nSPS) is 9.80. The number of primary amides is 1. The van der Waals surface area contributed by atoms with Crippen molar-refractivity contribution in [2.24, 2.45) is 5.73 Å². The molecule has 80 valence electrons. The molecule has 7 heteroatoms. The minimum atomic E-state index is -1.79. The van der Waals surface area contributed by atoms with Gasteiger partial charge in [0.05, 0.1) is 5.56 Å². The Balaban J connectivity index is 3.11. The molecule has 0 heterocycles. The van der Waals surface area contributed by atoms with Gasteiger partial charge < -0.3 is 5.73 Å². The molecule has 0 radical (unpaired) electrons. The van der Waals surface area contributed by atoms with Crippen molar-refractivity contribution in [2.75, 3.05) is 0 Å². The van der Waals surface area contributed by atoms with Crippen LogP contribution in [0.3, 0.4) is 0 Å². The van der Waals surface area contributed by atoms with Crippen LogP contribution in [-0.2, 0) is 0 Å². The van der Waals surface area contributed by atoms with Crippen LogP contribution in [0.5, 0.6) is 0 Å². The standard InChI is InChI=1S/C8H5F3N2O2/c9-4-2-1-3(5(10)6(4)11)7(14)13-8(12)15/h1-2H,(H3,12,13,14,15). The summed E-state index contributed by atoms with van der Waals surface area (Å²) in [6.45, 7) is 0. The van der Waals surface area contributed by atoms with Gasteiger partial charge in [-0.05, 0) is 12.1 Å². The lowest BCUT2D eigenvalue weighted by molar-refractivity contribution is 0.0961. The maximum absolute atomic E-state index is 12.9. The van der Waals surface area contributed by atoms with Crippen LogP contribution >= 0.6 is 0 Å². The Morgan fingerprint density at radius 3 is 2.27 bits per heavy atom. The number of nitrogens with one attached hydrogen (secondary N) is 1. The second-order valence-electron chi connectivity index (χ2n) is 2.54. The van der Waals surface area contributed by atoms with Gasteiger partial charge in [0.15, 0.2) is 17.5 Å². The van der Waals surface area contributed by atoms with Crippen molar-refractivity contribution < 1.29 is 22.8 Å². The molecule has 15 heavy (non-hydrogen) atoms. The number of nitrogens with two attached hydrogens (primary N) is 1. The maximum Gasteiger partial charge on any atom is 0.319 e. The molecule has 0 saturated heterocycles. The van der Waals surface area contributed by atoms with Crippen LogP contribution in [0.2, 0.25) is 0 Å². The predicted molar refractivity (Wildman–Crippen MR) is 43.4 cm³/mol. The van der Waals surface area contributed by atoms with E-state index in [4.69, 9.17) is 0 Å². The quantitative estimate of drug-likeness (QED) is 0.687. The summed E-state index contributed by atoms with van der Waals surface area (Å²) in [5.74, 6) is -6.12.